The van der Waals surface area contributed by atoms with Gasteiger partial charge < -0.3 is 0 Å². The van der Waals surface area contributed by atoms with Crippen molar-refractivity contribution < 1.29 is 0 Å². The first-order chi connectivity index (χ1) is 7.99. The van der Waals surface area contributed by atoms with Crippen LogP contribution < -0.4 is 16.9 Å². The first-order valence-electron chi connectivity index (χ1n) is 5.44. The van der Waals surface area contributed by atoms with Crippen molar-refractivity contribution in [2.75, 3.05) is 0 Å². The van der Waals surface area contributed by atoms with E-state index in [-0.39, 0.29) is 11.2 Å². The lowest BCUT2D eigenvalue weighted by Gasteiger charge is -2.06. The van der Waals surface area contributed by atoms with E-state index in [2.05, 4.69) is 15.0 Å². The van der Waals surface area contributed by atoms with Crippen molar-refractivity contribution in [2.45, 2.75) is 26.8 Å². The number of hydrogen-bond acceptors (Lipinski definition) is 3. The van der Waals surface area contributed by atoms with Crippen molar-refractivity contribution in [2.24, 2.45) is 5.92 Å². The Morgan fingerprint density at radius 1 is 1.12 bits per heavy atom. The zero-order valence-electron chi connectivity index (χ0n) is 9.66. The minimum atomic E-state index is -0.505. The summed E-state index contributed by atoms with van der Waals surface area (Å²) in [6, 6.07) is 0. The molecule has 0 fully saturated rings. The maximum atomic E-state index is 11.9. The highest BCUT2D eigenvalue weighted by Crippen LogP contribution is 2.00. The van der Waals surface area contributed by atoms with Gasteiger partial charge in [-0.05, 0) is 12.3 Å². The first-order valence-corrected chi connectivity index (χ1v) is 5.44. The molecule has 7 heteroatoms. The third-order valence-electron chi connectivity index (χ3n) is 2.59. The molecule has 17 heavy (non-hydrogen) atoms. The second-order valence-corrected chi connectivity index (χ2v) is 4.40. The number of imidazole rings is 1. The zero-order chi connectivity index (χ0) is 12.6. The molecule has 2 heterocycles. The molecule has 0 unspecified atom stereocenters. The molecule has 0 bridgehead atoms. The van der Waals surface area contributed by atoms with Crippen LogP contribution in [0, 0.1) is 5.92 Å². The molecule has 2 aromatic rings. The van der Waals surface area contributed by atoms with Crippen LogP contribution in [0.25, 0.3) is 11.2 Å². The van der Waals surface area contributed by atoms with Crippen LogP contribution in [0.1, 0.15) is 20.3 Å². The standard InChI is InChI=1S/C10H14N4O3/c1-5(2)3-4-14-8(15)6-7(13-10(14)17)12-9(16)11-6/h5H,3-4H2,1-2H3,(H,13,17)(H2,11,12,16). The molecule has 0 aromatic carbocycles. The molecule has 0 aliphatic carbocycles. The predicted octanol–water partition coefficient (Wildman–Crippen LogP) is -0.248. The van der Waals surface area contributed by atoms with Crippen LogP contribution in [-0.2, 0) is 6.54 Å². The van der Waals surface area contributed by atoms with Crippen LogP contribution in [0.15, 0.2) is 14.4 Å². The number of nitrogens with zero attached hydrogens (tertiary/aromatic N) is 1. The Bertz CT molecular complexity index is 701. The van der Waals surface area contributed by atoms with E-state index in [4.69, 9.17) is 0 Å². The summed E-state index contributed by atoms with van der Waals surface area (Å²) in [4.78, 5) is 41.8. The van der Waals surface area contributed by atoms with E-state index < -0.39 is 16.9 Å². The molecule has 7 nitrogen and oxygen atoms in total. The number of H-pyrrole nitrogens is 3. The fourth-order valence-electron chi connectivity index (χ4n) is 1.63. The number of aromatic amines is 3. The molecule has 0 spiro atoms. The molecule has 0 saturated carbocycles. The largest absolute Gasteiger partial charge is 0.330 e. The summed E-state index contributed by atoms with van der Waals surface area (Å²) in [5, 5.41) is 0. The Labute approximate surface area is 95.5 Å². The predicted molar refractivity (Wildman–Crippen MR) is 63.3 cm³/mol. The molecular weight excluding hydrogens is 224 g/mol. The summed E-state index contributed by atoms with van der Waals surface area (Å²) in [6.45, 7) is 4.36. The molecule has 0 radical (unpaired) electrons. The summed E-state index contributed by atoms with van der Waals surface area (Å²) >= 11 is 0. The highest BCUT2D eigenvalue weighted by molar-refractivity contribution is 5.67. The Morgan fingerprint density at radius 2 is 1.82 bits per heavy atom. The molecule has 0 atom stereocenters. The van der Waals surface area contributed by atoms with Gasteiger partial charge in [-0.1, -0.05) is 13.8 Å². The second-order valence-electron chi connectivity index (χ2n) is 4.40. The van der Waals surface area contributed by atoms with Gasteiger partial charge in [0.25, 0.3) is 5.56 Å². The molecule has 0 aliphatic rings. The highest BCUT2D eigenvalue weighted by atomic mass is 16.2. The van der Waals surface area contributed by atoms with Gasteiger partial charge in [-0.25, -0.2) is 9.59 Å². The minimum absolute atomic E-state index is 0.110. The lowest BCUT2D eigenvalue weighted by atomic mass is 10.1. The van der Waals surface area contributed by atoms with E-state index in [0.717, 1.165) is 11.0 Å². The Kier molecular flexibility index (Phi) is 2.74. The zero-order valence-corrected chi connectivity index (χ0v) is 9.66. The van der Waals surface area contributed by atoms with Crippen LogP contribution in [0.4, 0.5) is 0 Å². The molecule has 92 valence electrons. The van der Waals surface area contributed by atoms with E-state index in [9.17, 15) is 14.4 Å². The minimum Gasteiger partial charge on any atom is -0.300 e. The average molecular weight is 238 g/mol. The maximum Gasteiger partial charge on any atom is 0.330 e. The number of aromatic nitrogens is 4. The van der Waals surface area contributed by atoms with E-state index in [0.29, 0.717) is 12.5 Å². The van der Waals surface area contributed by atoms with Crippen LogP contribution in [0.3, 0.4) is 0 Å². The van der Waals surface area contributed by atoms with Gasteiger partial charge in [0, 0.05) is 6.54 Å². The van der Waals surface area contributed by atoms with Gasteiger partial charge in [0.15, 0.2) is 5.52 Å². The molecule has 0 aliphatic heterocycles. The third kappa shape index (κ3) is 2.08. The van der Waals surface area contributed by atoms with E-state index in [1.54, 1.807) is 0 Å². The molecule has 2 rings (SSSR count). The van der Waals surface area contributed by atoms with Gasteiger partial charge in [-0.15, -0.1) is 0 Å². The average Bonchev–Trinajstić information content (AvgIpc) is 2.58. The smallest absolute Gasteiger partial charge is 0.300 e. The van der Waals surface area contributed by atoms with Crippen molar-refractivity contribution in [1.82, 2.24) is 19.5 Å². The van der Waals surface area contributed by atoms with Crippen molar-refractivity contribution in [1.29, 1.82) is 0 Å². The lowest BCUT2D eigenvalue weighted by Crippen LogP contribution is -2.35. The molecule has 0 amide bonds. The van der Waals surface area contributed by atoms with Crippen LogP contribution in [0.5, 0.6) is 0 Å². The van der Waals surface area contributed by atoms with Gasteiger partial charge >= 0.3 is 11.4 Å². The number of rotatable bonds is 3. The molecular formula is C10H14N4O3. The SMILES string of the molecule is CC(C)CCn1c(=O)[nH]c2[nH]c(=O)[nH]c2c1=O. The summed E-state index contributed by atoms with van der Waals surface area (Å²) in [6.07, 6.45) is 0.725. The summed E-state index contributed by atoms with van der Waals surface area (Å²) in [5.41, 5.74) is -1.22. The van der Waals surface area contributed by atoms with Crippen molar-refractivity contribution in [3.63, 3.8) is 0 Å². The van der Waals surface area contributed by atoms with E-state index >= 15 is 0 Å². The van der Waals surface area contributed by atoms with Gasteiger partial charge in [0.05, 0.1) is 0 Å². The number of nitrogens with one attached hydrogen (secondary N) is 3. The summed E-state index contributed by atoms with van der Waals surface area (Å²) in [7, 11) is 0. The van der Waals surface area contributed by atoms with Gasteiger partial charge in [-0.3, -0.25) is 24.3 Å². The monoisotopic (exact) mass is 238 g/mol. The van der Waals surface area contributed by atoms with Crippen LogP contribution in [0.2, 0.25) is 0 Å². The Balaban J connectivity index is 2.59. The molecule has 2 aromatic heterocycles. The fourth-order valence-corrected chi connectivity index (χ4v) is 1.63. The van der Waals surface area contributed by atoms with Crippen molar-refractivity contribution in [3.05, 3.63) is 31.3 Å². The summed E-state index contributed by atoms with van der Waals surface area (Å²) < 4.78 is 1.10. The van der Waals surface area contributed by atoms with E-state index in [1.165, 1.54) is 0 Å². The molecule has 3 N–H and O–H groups in total. The normalized spacial score (nSPS) is 11.5. The van der Waals surface area contributed by atoms with Crippen molar-refractivity contribution in [3.8, 4) is 0 Å². The quantitative estimate of drug-likeness (QED) is 0.687. The summed E-state index contributed by atoms with van der Waals surface area (Å²) in [5.74, 6) is 0.391. The third-order valence-corrected chi connectivity index (χ3v) is 2.59. The van der Waals surface area contributed by atoms with E-state index in [1.807, 2.05) is 13.8 Å². The fraction of sp³-hybridized carbons (Fsp3) is 0.500. The second kappa shape index (κ2) is 4.08. The lowest BCUT2D eigenvalue weighted by molar-refractivity contribution is 0.496. The number of hydrogen-bond donors (Lipinski definition) is 3. The van der Waals surface area contributed by atoms with Crippen LogP contribution in [-0.4, -0.2) is 19.5 Å². The maximum absolute atomic E-state index is 11.9. The Hall–Kier alpha value is -2.05. The topological polar surface area (TPSA) is 104 Å². The number of fused-ring (bicyclic) bond motifs is 1. The first kappa shape index (κ1) is 11.4. The van der Waals surface area contributed by atoms with Gasteiger partial charge in [0.1, 0.15) is 5.65 Å². The van der Waals surface area contributed by atoms with Crippen LogP contribution >= 0.6 is 0 Å². The van der Waals surface area contributed by atoms with Crippen molar-refractivity contribution >= 4 is 11.2 Å². The molecule has 0 saturated heterocycles. The highest BCUT2D eigenvalue weighted by Gasteiger charge is 2.10. The van der Waals surface area contributed by atoms with Gasteiger partial charge in [0.2, 0.25) is 0 Å². The van der Waals surface area contributed by atoms with Gasteiger partial charge in [-0.2, -0.15) is 0 Å². The Morgan fingerprint density at radius 3 is 2.47 bits per heavy atom.